The van der Waals surface area contributed by atoms with Crippen LogP contribution in [-0.2, 0) is 6.18 Å². The summed E-state index contributed by atoms with van der Waals surface area (Å²) in [6.07, 6.45) is -2.87. The van der Waals surface area contributed by atoms with Gasteiger partial charge in [0, 0.05) is 22.2 Å². The first-order valence-electron chi connectivity index (χ1n) is 7.09. The van der Waals surface area contributed by atoms with E-state index in [1.807, 2.05) is 31.2 Å². The van der Waals surface area contributed by atoms with Crippen molar-refractivity contribution in [3.05, 3.63) is 64.3 Å². The third-order valence-corrected chi connectivity index (χ3v) is 3.95. The van der Waals surface area contributed by atoms with Crippen molar-refractivity contribution in [3.63, 3.8) is 0 Å². The highest BCUT2D eigenvalue weighted by Gasteiger charge is 2.30. The lowest BCUT2D eigenvalue weighted by Crippen LogP contribution is -2.05. The lowest BCUT2D eigenvalue weighted by Gasteiger charge is -2.09. The number of aryl methyl sites for hydroxylation is 1. The second kappa shape index (κ2) is 6.20. The average molecular weight is 352 g/mol. The number of benzene rings is 2. The summed E-state index contributed by atoms with van der Waals surface area (Å²) in [5.74, 6) is 0. The van der Waals surface area contributed by atoms with E-state index in [1.54, 1.807) is 6.21 Å². The highest BCUT2D eigenvalue weighted by atomic mass is 35.5. The molecule has 7 heteroatoms. The first kappa shape index (κ1) is 16.4. The van der Waals surface area contributed by atoms with Gasteiger partial charge in [0.2, 0.25) is 0 Å². The van der Waals surface area contributed by atoms with Crippen LogP contribution in [0.4, 0.5) is 18.9 Å². The number of H-pyrrole nitrogens is 1. The van der Waals surface area contributed by atoms with Gasteiger partial charge in [0.1, 0.15) is 0 Å². The van der Waals surface area contributed by atoms with E-state index in [1.165, 1.54) is 6.07 Å². The SMILES string of the molecule is Cc1[nH]c2ccccc2c1/C=N/Nc1cc(C(F)(F)F)ccc1Cl. The molecule has 1 aromatic heterocycles. The molecule has 0 radical (unpaired) electrons. The molecule has 0 bridgehead atoms. The number of hydrogen-bond donors (Lipinski definition) is 2. The zero-order valence-corrected chi connectivity index (χ0v) is 13.3. The molecule has 124 valence electrons. The normalized spacial score (nSPS) is 12.2. The molecule has 2 aromatic carbocycles. The molecule has 0 saturated heterocycles. The predicted octanol–water partition coefficient (Wildman–Crippen LogP) is 5.59. The molecule has 0 atom stereocenters. The minimum absolute atomic E-state index is 0.0974. The molecule has 0 spiro atoms. The summed E-state index contributed by atoms with van der Waals surface area (Å²) in [4.78, 5) is 3.22. The van der Waals surface area contributed by atoms with Gasteiger partial charge in [-0.05, 0) is 31.2 Å². The summed E-state index contributed by atoms with van der Waals surface area (Å²) in [7, 11) is 0. The Kier molecular flexibility index (Phi) is 4.24. The van der Waals surface area contributed by atoms with Crippen molar-refractivity contribution in [2.75, 3.05) is 5.43 Å². The Morgan fingerprint density at radius 3 is 2.67 bits per heavy atom. The molecule has 3 aromatic rings. The van der Waals surface area contributed by atoms with Crippen molar-refractivity contribution in [1.82, 2.24) is 4.98 Å². The third-order valence-electron chi connectivity index (χ3n) is 3.62. The van der Waals surface area contributed by atoms with E-state index in [9.17, 15) is 13.2 Å². The zero-order valence-electron chi connectivity index (χ0n) is 12.6. The van der Waals surface area contributed by atoms with Crippen LogP contribution in [0.3, 0.4) is 0 Å². The molecule has 0 fully saturated rings. The van der Waals surface area contributed by atoms with Crippen LogP contribution >= 0.6 is 11.6 Å². The van der Waals surface area contributed by atoms with Crippen LogP contribution in [0, 0.1) is 6.92 Å². The van der Waals surface area contributed by atoms with E-state index in [0.29, 0.717) is 0 Å². The van der Waals surface area contributed by atoms with Crippen LogP contribution in [0.5, 0.6) is 0 Å². The van der Waals surface area contributed by atoms with Gasteiger partial charge >= 0.3 is 6.18 Å². The van der Waals surface area contributed by atoms with E-state index in [4.69, 9.17) is 11.6 Å². The van der Waals surface area contributed by atoms with Crippen molar-refractivity contribution in [2.45, 2.75) is 13.1 Å². The molecular weight excluding hydrogens is 339 g/mol. The van der Waals surface area contributed by atoms with Gasteiger partial charge in [-0.25, -0.2) is 0 Å². The van der Waals surface area contributed by atoms with Crippen LogP contribution in [0.1, 0.15) is 16.8 Å². The zero-order chi connectivity index (χ0) is 17.3. The van der Waals surface area contributed by atoms with E-state index < -0.39 is 11.7 Å². The number of hydrogen-bond acceptors (Lipinski definition) is 2. The largest absolute Gasteiger partial charge is 0.416 e. The van der Waals surface area contributed by atoms with E-state index in [-0.39, 0.29) is 10.7 Å². The van der Waals surface area contributed by atoms with Gasteiger partial charge in [-0.3, -0.25) is 5.43 Å². The first-order chi connectivity index (χ1) is 11.4. The summed E-state index contributed by atoms with van der Waals surface area (Å²) < 4.78 is 38.3. The number of anilines is 1. The molecular formula is C17H13ClF3N3. The molecule has 0 aliphatic rings. The Morgan fingerprint density at radius 1 is 1.17 bits per heavy atom. The summed E-state index contributed by atoms with van der Waals surface area (Å²) in [6.45, 7) is 1.90. The van der Waals surface area contributed by atoms with Crippen LogP contribution in [0.25, 0.3) is 10.9 Å². The van der Waals surface area contributed by atoms with Gasteiger partial charge in [0.05, 0.1) is 22.5 Å². The molecule has 0 saturated carbocycles. The van der Waals surface area contributed by atoms with E-state index in [0.717, 1.165) is 34.3 Å². The third kappa shape index (κ3) is 3.23. The van der Waals surface area contributed by atoms with Gasteiger partial charge in [-0.1, -0.05) is 29.8 Å². The maximum Gasteiger partial charge on any atom is 0.416 e. The average Bonchev–Trinajstić information content (AvgIpc) is 2.84. The maximum atomic E-state index is 12.8. The van der Waals surface area contributed by atoms with Gasteiger partial charge < -0.3 is 4.98 Å². The second-order valence-electron chi connectivity index (χ2n) is 5.27. The van der Waals surface area contributed by atoms with E-state index >= 15 is 0 Å². The number of halogens is 4. The van der Waals surface area contributed by atoms with Crippen molar-refractivity contribution < 1.29 is 13.2 Å². The van der Waals surface area contributed by atoms with Gasteiger partial charge in [-0.2, -0.15) is 18.3 Å². The summed E-state index contributed by atoms with van der Waals surface area (Å²) in [5.41, 5.74) is 4.63. The lowest BCUT2D eigenvalue weighted by molar-refractivity contribution is -0.137. The fraction of sp³-hybridized carbons (Fsp3) is 0.118. The number of fused-ring (bicyclic) bond motifs is 1. The number of para-hydroxylation sites is 1. The number of nitrogens with one attached hydrogen (secondary N) is 2. The predicted molar refractivity (Wildman–Crippen MR) is 90.7 cm³/mol. The van der Waals surface area contributed by atoms with Crippen molar-refractivity contribution in [1.29, 1.82) is 0 Å². The van der Waals surface area contributed by atoms with Gasteiger partial charge in [0.15, 0.2) is 0 Å². The molecule has 0 aliphatic carbocycles. The van der Waals surface area contributed by atoms with Gasteiger partial charge in [-0.15, -0.1) is 0 Å². The number of nitrogens with zero attached hydrogens (tertiary/aromatic N) is 1. The Balaban J connectivity index is 1.87. The molecule has 0 unspecified atom stereocenters. The van der Waals surface area contributed by atoms with Crippen molar-refractivity contribution >= 4 is 34.4 Å². The number of rotatable bonds is 3. The number of aromatic nitrogens is 1. The van der Waals surface area contributed by atoms with Gasteiger partial charge in [0.25, 0.3) is 0 Å². The highest BCUT2D eigenvalue weighted by molar-refractivity contribution is 6.33. The molecule has 3 rings (SSSR count). The van der Waals surface area contributed by atoms with Crippen LogP contribution in [0.15, 0.2) is 47.6 Å². The van der Waals surface area contributed by atoms with Crippen molar-refractivity contribution in [2.24, 2.45) is 5.10 Å². The molecule has 0 aliphatic heterocycles. The Bertz CT molecular complexity index is 913. The molecule has 3 nitrogen and oxygen atoms in total. The smallest absolute Gasteiger partial charge is 0.358 e. The minimum atomic E-state index is -4.43. The molecule has 2 N–H and O–H groups in total. The quantitative estimate of drug-likeness (QED) is 0.468. The van der Waals surface area contributed by atoms with Crippen LogP contribution < -0.4 is 5.43 Å². The summed E-state index contributed by atoms with van der Waals surface area (Å²) in [6, 6.07) is 10.8. The Labute approximate surface area is 141 Å². The van der Waals surface area contributed by atoms with Crippen LogP contribution in [0.2, 0.25) is 5.02 Å². The second-order valence-corrected chi connectivity index (χ2v) is 5.68. The number of alkyl halides is 3. The lowest BCUT2D eigenvalue weighted by atomic mass is 10.1. The number of aromatic amines is 1. The number of hydrazone groups is 1. The highest BCUT2D eigenvalue weighted by Crippen LogP contribution is 2.33. The molecule has 0 amide bonds. The Hall–Kier alpha value is -2.47. The summed E-state index contributed by atoms with van der Waals surface area (Å²) in [5, 5.41) is 5.18. The monoisotopic (exact) mass is 351 g/mol. The fourth-order valence-electron chi connectivity index (χ4n) is 2.42. The van der Waals surface area contributed by atoms with Crippen molar-refractivity contribution in [3.8, 4) is 0 Å². The fourth-order valence-corrected chi connectivity index (χ4v) is 2.58. The minimum Gasteiger partial charge on any atom is -0.358 e. The van der Waals surface area contributed by atoms with E-state index in [2.05, 4.69) is 15.5 Å². The molecule has 24 heavy (non-hydrogen) atoms. The summed E-state index contributed by atoms with van der Waals surface area (Å²) >= 11 is 5.92. The maximum absolute atomic E-state index is 12.8. The Morgan fingerprint density at radius 2 is 1.92 bits per heavy atom. The van der Waals surface area contributed by atoms with Crippen LogP contribution in [-0.4, -0.2) is 11.2 Å². The first-order valence-corrected chi connectivity index (χ1v) is 7.47. The molecule has 1 heterocycles. The standard InChI is InChI=1S/C17H13ClF3N3/c1-10-13(12-4-2-3-5-15(12)23-10)9-22-24-16-8-11(17(19,20)21)6-7-14(16)18/h2-9,23-24H,1H3/b22-9+. The topological polar surface area (TPSA) is 40.2 Å².